The molecule has 2 N–H and O–H groups in total. The molecule has 1 amide bonds. The number of hydrogen-bond donors (Lipinski definition) is 2. The Morgan fingerprint density at radius 3 is 2.46 bits per heavy atom. The monoisotopic (exact) mass is 378 g/mol. The maximum absolute atomic E-state index is 12.7. The van der Waals surface area contributed by atoms with Gasteiger partial charge in [0.05, 0.1) is 11.3 Å². The maximum Gasteiger partial charge on any atom is 0.416 e. The van der Waals surface area contributed by atoms with Gasteiger partial charge in [-0.1, -0.05) is 17.8 Å². The first-order valence-corrected chi connectivity index (χ1v) is 8.42. The highest BCUT2D eigenvalue weighted by Gasteiger charge is 2.30. The maximum atomic E-state index is 12.7. The normalized spacial score (nSPS) is 11.6. The Balaban J connectivity index is 2.13. The van der Waals surface area contributed by atoms with E-state index in [2.05, 4.69) is 15.6 Å². The van der Waals surface area contributed by atoms with Gasteiger partial charge in [0, 0.05) is 11.3 Å². The van der Waals surface area contributed by atoms with Crippen molar-refractivity contribution in [3.05, 3.63) is 59.7 Å². The Kier molecular flexibility index (Phi) is 6.25. The van der Waals surface area contributed by atoms with Gasteiger partial charge < -0.3 is 5.32 Å². The number of alkyl halides is 3. The van der Waals surface area contributed by atoms with E-state index in [9.17, 15) is 18.0 Å². The number of nitrogens with zero attached hydrogens (tertiary/aromatic N) is 2. The lowest BCUT2D eigenvalue weighted by Gasteiger charge is -2.10. The van der Waals surface area contributed by atoms with E-state index < -0.39 is 17.6 Å². The molecule has 9 heteroatoms. The SMILES string of the molecule is CSC(=Nc1ccc(C(=O)Nc2cccc(C(F)(F)F)c2)cc1)NC#N. The van der Waals surface area contributed by atoms with Gasteiger partial charge in [-0.3, -0.25) is 10.1 Å². The van der Waals surface area contributed by atoms with Crippen molar-refractivity contribution in [1.29, 1.82) is 5.26 Å². The molecule has 0 aliphatic carbocycles. The Hall–Kier alpha value is -2.99. The van der Waals surface area contributed by atoms with Gasteiger partial charge in [-0.05, 0) is 48.7 Å². The molecule has 0 heterocycles. The number of hydrogen-bond acceptors (Lipinski definition) is 4. The number of carbonyl (C=O) groups is 1. The molecule has 0 aromatic heterocycles. The van der Waals surface area contributed by atoms with Gasteiger partial charge in [0.2, 0.25) is 0 Å². The average Bonchev–Trinajstić information content (AvgIpc) is 2.61. The van der Waals surface area contributed by atoms with E-state index in [0.717, 1.165) is 12.1 Å². The van der Waals surface area contributed by atoms with Crippen LogP contribution < -0.4 is 10.6 Å². The van der Waals surface area contributed by atoms with Gasteiger partial charge in [0.25, 0.3) is 5.91 Å². The summed E-state index contributed by atoms with van der Waals surface area (Å²) in [5.74, 6) is -0.542. The largest absolute Gasteiger partial charge is 0.416 e. The van der Waals surface area contributed by atoms with E-state index in [-0.39, 0.29) is 11.3 Å². The Bertz CT molecular complexity index is 858. The van der Waals surface area contributed by atoms with Crippen LogP contribution in [0.5, 0.6) is 0 Å². The average molecular weight is 378 g/mol. The van der Waals surface area contributed by atoms with Crippen LogP contribution in [0.1, 0.15) is 15.9 Å². The smallest absolute Gasteiger partial charge is 0.322 e. The van der Waals surface area contributed by atoms with Crippen molar-refractivity contribution in [2.75, 3.05) is 11.6 Å². The topological polar surface area (TPSA) is 77.3 Å². The molecule has 0 spiro atoms. The molecule has 2 rings (SSSR count). The number of thioether (sulfide) groups is 1. The number of rotatable bonds is 3. The van der Waals surface area contributed by atoms with Crippen molar-refractivity contribution in [2.45, 2.75) is 6.18 Å². The van der Waals surface area contributed by atoms with Crippen molar-refractivity contribution >= 4 is 34.2 Å². The quantitative estimate of drug-likeness (QED) is 0.360. The summed E-state index contributed by atoms with van der Waals surface area (Å²) in [6.45, 7) is 0. The molecule has 2 aromatic rings. The summed E-state index contributed by atoms with van der Waals surface area (Å²) in [4.78, 5) is 16.4. The number of amides is 1. The fourth-order valence-corrected chi connectivity index (χ4v) is 2.30. The fourth-order valence-electron chi connectivity index (χ4n) is 1.95. The minimum absolute atomic E-state index is 0.0508. The third kappa shape index (κ3) is 5.26. The summed E-state index contributed by atoms with van der Waals surface area (Å²) < 4.78 is 38.1. The molecule has 0 bridgehead atoms. The van der Waals surface area contributed by atoms with Crippen molar-refractivity contribution in [3.8, 4) is 6.19 Å². The lowest BCUT2D eigenvalue weighted by atomic mass is 10.1. The molecule has 5 nitrogen and oxygen atoms in total. The zero-order valence-corrected chi connectivity index (χ0v) is 14.3. The van der Waals surface area contributed by atoms with Gasteiger partial charge in [-0.15, -0.1) is 0 Å². The van der Waals surface area contributed by atoms with Crippen molar-refractivity contribution < 1.29 is 18.0 Å². The van der Waals surface area contributed by atoms with Gasteiger partial charge in [0.15, 0.2) is 11.4 Å². The number of nitriles is 1. The predicted molar refractivity (Wildman–Crippen MR) is 95.2 cm³/mol. The highest BCUT2D eigenvalue weighted by Crippen LogP contribution is 2.30. The van der Waals surface area contributed by atoms with E-state index in [0.29, 0.717) is 10.9 Å². The van der Waals surface area contributed by atoms with Crippen molar-refractivity contribution in [1.82, 2.24) is 5.32 Å². The van der Waals surface area contributed by atoms with Crippen LogP contribution in [0.25, 0.3) is 0 Å². The zero-order chi connectivity index (χ0) is 19.2. The van der Waals surface area contributed by atoms with E-state index >= 15 is 0 Å². The second kappa shape index (κ2) is 8.40. The fraction of sp³-hybridized carbons (Fsp3) is 0.118. The number of carbonyl (C=O) groups excluding carboxylic acids is 1. The van der Waals surface area contributed by atoms with Gasteiger partial charge >= 0.3 is 6.18 Å². The van der Waals surface area contributed by atoms with Crippen LogP contribution >= 0.6 is 11.8 Å². The molecule has 0 radical (unpaired) electrons. The van der Waals surface area contributed by atoms with Crippen LogP contribution in [0.4, 0.5) is 24.5 Å². The Morgan fingerprint density at radius 2 is 1.88 bits per heavy atom. The number of aliphatic imine (C=N–C) groups is 1. The number of halogens is 3. The van der Waals surface area contributed by atoms with E-state index in [1.165, 1.54) is 36.0 Å². The summed E-state index contributed by atoms with van der Waals surface area (Å²) in [6, 6.07) is 10.5. The molecule has 0 aliphatic rings. The van der Waals surface area contributed by atoms with Gasteiger partial charge in [0.1, 0.15) is 0 Å². The number of amidine groups is 1. The molecular weight excluding hydrogens is 365 g/mol. The number of nitrogens with one attached hydrogen (secondary N) is 2. The molecule has 0 fully saturated rings. The summed E-state index contributed by atoms with van der Waals surface area (Å²) >= 11 is 1.25. The summed E-state index contributed by atoms with van der Waals surface area (Å²) in [7, 11) is 0. The first kappa shape index (κ1) is 19.3. The molecule has 134 valence electrons. The Labute approximate surface area is 151 Å². The second-order valence-corrected chi connectivity index (χ2v) is 5.73. The lowest BCUT2D eigenvalue weighted by molar-refractivity contribution is -0.137. The van der Waals surface area contributed by atoms with Gasteiger partial charge in [-0.2, -0.15) is 18.4 Å². The molecule has 0 aliphatic heterocycles. The molecule has 0 saturated heterocycles. The third-order valence-corrected chi connectivity index (χ3v) is 3.74. The van der Waals surface area contributed by atoms with Crippen molar-refractivity contribution in [3.63, 3.8) is 0 Å². The molecule has 0 saturated carbocycles. The predicted octanol–water partition coefficient (Wildman–Crippen LogP) is 4.38. The number of benzene rings is 2. The first-order valence-electron chi connectivity index (χ1n) is 7.20. The molecule has 26 heavy (non-hydrogen) atoms. The van der Waals surface area contributed by atoms with Crippen LogP contribution in [-0.2, 0) is 6.18 Å². The Morgan fingerprint density at radius 1 is 1.19 bits per heavy atom. The second-order valence-electron chi connectivity index (χ2n) is 4.94. The third-order valence-electron chi connectivity index (χ3n) is 3.16. The molecular formula is C17H13F3N4OS. The summed E-state index contributed by atoms with van der Waals surface area (Å²) in [6.07, 6.45) is -0.964. The van der Waals surface area contributed by atoms with E-state index in [4.69, 9.17) is 5.26 Å². The lowest BCUT2D eigenvalue weighted by Crippen LogP contribution is -2.13. The zero-order valence-electron chi connectivity index (χ0n) is 13.5. The van der Waals surface area contributed by atoms with Crippen LogP contribution in [0.15, 0.2) is 53.5 Å². The standard InChI is InChI=1S/C17H13F3N4OS/c1-26-16(22-10-21)24-13-7-5-11(6-8-13)15(25)23-14-4-2-3-12(9-14)17(18,19)20/h2-9H,1H3,(H,22,24)(H,23,25). The van der Waals surface area contributed by atoms with Crippen LogP contribution in [0.2, 0.25) is 0 Å². The minimum atomic E-state index is -4.48. The molecule has 2 aromatic carbocycles. The highest BCUT2D eigenvalue weighted by molar-refractivity contribution is 8.13. The van der Waals surface area contributed by atoms with E-state index in [1.54, 1.807) is 24.6 Å². The van der Waals surface area contributed by atoms with Gasteiger partial charge in [-0.25, -0.2) is 4.99 Å². The highest BCUT2D eigenvalue weighted by atomic mass is 32.2. The summed E-state index contributed by atoms with van der Waals surface area (Å²) in [5, 5.41) is 13.8. The molecule has 0 atom stereocenters. The summed E-state index contributed by atoms with van der Waals surface area (Å²) in [5.41, 5.74) is -0.00240. The first-order chi connectivity index (χ1) is 12.3. The number of anilines is 1. The van der Waals surface area contributed by atoms with E-state index in [1.807, 2.05) is 0 Å². The van der Waals surface area contributed by atoms with Crippen LogP contribution in [-0.4, -0.2) is 17.3 Å². The minimum Gasteiger partial charge on any atom is -0.322 e. The van der Waals surface area contributed by atoms with Crippen LogP contribution in [0.3, 0.4) is 0 Å². The molecule has 0 unspecified atom stereocenters. The van der Waals surface area contributed by atoms with Crippen molar-refractivity contribution in [2.24, 2.45) is 4.99 Å². The van der Waals surface area contributed by atoms with Crippen LogP contribution in [0, 0.1) is 11.5 Å².